The van der Waals surface area contributed by atoms with Crippen LogP contribution in [0.2, 0.25) is 5.02 Å². The number of halogens is 1. The van der Waals surface area contributed by atoms with Gasteiger partial charge in [0, 0.05) is 25.9 Å². The molecule has 2 rings (SSSR count). The van der Waals surface area contributed by atoms with Crippen LogP contribution < -0.4 is 10.1 Å². The first-order valence-corrected chi connectivity index (χ1v) is 6.95. The molecule has 1 aromatic carbocycles. The average Bonchev–Trinajstić information content (AvgIpc) is 2.91. The van der Waals surface area contributed by atoms with Gasteiger partial charge in [-0.25, -0.2) is 4.79 Å². The van der Waals surface area contributed by atoms with Crippen LogP contribution in [0, 0.1) is 0 Å². The fourth-order valence-corrected chi connectivity index (χ4v) is 2.40. The molecule has 0 aliphatic carbocycles. The number of amides is 2. The predicted octanol–water partition coefficient (Wildman–Crippen LogP) is 2.99. The van der Waals surface area contributed by atoms with E-state index in [9.17, 15) is 4.79 Å². The van der Waals surface area contributed by atoms with Gasteiger partial charge in [-0.3, -0.25) is 0 Å². The molecule has 1 aliphatic rings. The number of carbonyl (C=O) groups excluding carboxylic acids is 1. The van der Waals surface area contributed by atoms with Crippen LogP contribution in [-0.2, 0) is 4.74 Å². The van der Waals surface area contributed by atoms with E-state index in [0.717, 1.165) is 19.4 Å². The summed E-state index contributed by atoms with van der Waals surface area (Å²) in [6, 6.07) is 4.96. The van der Waals surface area contributed by atoms with Crippen molar-refractivity contribution in [2.75, 3.05) is 32.6 Å². The molecule has 110 valence electrons. The van der Waals surface area contributed by atoms with Crippen molar-refractivity contribution in [3.8, 4) is 5.75 Å². The second-order valence-corrected chi connectivity index (χ2v) is 5.20. The van der Waals surface area contributed by atoms with Crippen molar-refractivity contribution < 1.29 is 14.3 Å². The van der Waals surface area contributed by atoms with Crippen LogP contribution in [0.25, 0.3) is 0 Å². The molecule has 1 atom stereocenters. The van der Waals surface area contributed by atoms with Gasteiger partial charge >= 0.3 is 6.03 Å². The number of nitrogens with one attached hydrogen (secondary N) is 1. The van der Waals surface area contributed by atoms with Crippen molar-refractivity contribution >= 4 is 23.3 Å². The SMILES string of the molecule is COc1ccc(NC(=O)N(C)CC2CCCO2)cc1Cl. The van der Waals surface area contributed by atoms with E-state index in [2.05, 4.69) is 5.32 Å². The Balaban J connectivity index is 1.91. The molecule has 1 saturated heterocycles. The summed E-state index contributed by atoms with van der Waals surface area (Å²) in [7, 11) is 3.30. The molecule has 1 aromatic rings. The van der Waals surface area contributed by atoms with E-state index in [0.29, 0.717) is 23.0 Å². The monoisotopic (exact) mass is 298 g/mol. The number of likely N-dealkylation sites (N-methyl/N-ethyl adjacent to an activating group) is 1. The second kappa shape index (κ2) is 6.81. The van der Waals surface area contributed by atoms with Crippen LogP contribution in [0.4, 0.5) is 10.5 Å². The highest BCUT2D eigenvalue weighted by Gasteiger charge is 2.20. The highest BCUT2D eigenvalue weighted by molar-refractivity contribution is 6.32. The number of benzene rings is 1. The molecule has 0 spiro atoms. The normalized spacial score (nSPS) is 17.9. The quantitative estimate of drug-likeness (QED) is 0.929. The van der Waals surface area contributed by atoms with Crippen LogP contribution in [0.15, 0.2) is 18.2 Å². The van der Waals surface area contributed by atoms with Gasteiger partial charge in [0.05, 0.1) is 18.2 Å². The van der Waals surface area contributed by atoms with Gasteiger partial charge in [-0.1, -0.05) is 11.6 Å². The number of urea groups is 1. The zero-order valence-electron chi connectivity index (χ0n) is 11.7. The average molecular weight is 299 g/mol. The summed E-state index contributed by atoms with van der Waals surface area (Å²) in [6.07, 6.45) is 2.21. The zero-order chi connectivity index (χ0) is 14.5. The standard InChI is InChI=1S/C14H19ClN2O3/c1-17(9-11-4-3-7-20-11)14(18)16-10-5-6-13(19-2)12(15)8-10/h5-6,8,11H,3-4,7,9H2,1-2H3,(H,16,18). The molecule has 5 nitrogen and oxygen atoms in total. The number of hydrogen-bond donors (Lipinski definition) is 1. The van der Waals surface area contributed by atoms with Gasteiger partial charge in [0.25, 0.3) is 0 Å². The maximum atomic E-state index is 12.1. The highest BCUT2D eigenvalue weighted by Crippen LogP contribution is 2.27. The fourth-order valence-electron chi connectivity index (χ4n) is 2.14. The summed E-state index contributed by atoms with van der Waals surface area (Å²) in [6.45, 7) is 1.38. The third-order valence-electron chi connectivity index (χ3n) is 3.25. The molecule has 1 fully saturated rings. The van der Waals surface area contributed by atoms with Crippen LogP contribution >= 0.6 is 11.6 Å². The Morgan fingerprint density at radius 2 is 2.40 bits per heavy atom. The van der Waals surface area contributed by atoms with E-state index < -0.39 is 0 Å². The number of methoxy groups -OCH3 is 1. The molecule has 0 aromatic heterocycles. The van der Waals surface area contributed by atoms with E-state index in [1.807, 2.05) is 0 Å². The van der Waals surface area contributed by atoms with Crippen LogP contribution in [0.1, 0.15) is 12.8 Å². The Morgan fingerprint density at radius 1 is 1.60 bits per heavy atom. The molecular formula is C14H19ClN2O3. The molecule has 1 unspecified atom stereocenters. The fraction of sp³-hybridized carbons (Fsp3) is 0.500. The first kappa shape index (κ1) is 14.9. The Bertz CT molecular complexity index is 475. The summed E-state index contributed by atoms with van der Waals surface area (Å²) in [5.41, 5.74) is 0.639. The summed E-state index contributed by atoms with van der Waals surface area (Å²) < 4.78 is 10.6. The van der Waals surface area contributed by atoms with E-state index in [4.69, 9.17) is 21.1 Å². The minimum atomic E-state index is -0.179. The third kappa shape index (κ3) is 3.77. The van der Waals surface area contributed by atoms with Crippen molar-refractivity contribution in [3.63, 3.8) is 0 Å². The molecule has 0 radical (unpaired) electrons. The second-order valence-electron chi connectivity index (χ2n) is 4.80. The first-order valence-electron chi connectivity index (χ1n) is 6.57. The Hall–Kier alpha value is -1.46. The molecule has 6 heteroatoms. The number of carbonyl (C=O) groups is 1. The summed E-state index contributed by atoms with van der Waals surface area (Å²) in [5.74, 6) is 0.581. The van der Waals surface area contributed by atoms with Gasteiger partial charge in [-0.2, -0.15) is 0 Å². The number of rotatable bonds is 4. The van der Waals surface area contributed by atoms with Crippen molar-refractivity contribution in [2.45, 2.75) is 18.9 Å². The molecule has 0 saturated carbocycles. The smallest absolute Gasteiger partial charge is 0.321 e. The Morgan fingerprint density at radius 3 is 3.00 bits per heavy atom. The Labute approximate surface area is 123 Å². The lowest BCUT2D eigenvalue weighted by molar-refractivity contribution is 0.0894. The zero-order valence-corrected chi connectivity index (χ0v) is 12.4. The van der Waals surface area contributed by atoms with E-state index >= 15 is 0 Å². The maximum Gasteiger partial charge on any atom is 0.321 e. The van der Waals surface area contributed by atoms with Gasteiger partial charge in [-0.05, 0) is 31.0 Å². The van der Waals surface area contributed by atoms with Gasteiger partial charge in [0.1, 0.15) is 5.75 Å². The molecule has 2 amide bonds. The van der Waals surface area contributed by atoms with Crippen molar-refractivity contribution in [1.82, 2.24) is 4.90 Å². The third-order valence-corrected chi connectivity index (χ3v) is 3.55. The maximum absolute atomic E-state index is 12.1. The Kier molecular flexibility index (Phi) is 5.09. The lowest BCUT2D eigenvalue weighted by atomic mass is 10.2. The minimum absolute atomic E-state index is 0.144. The van der Waals surface area contributed by atoms with E-state index in [1.54, 1.807) is 37.3 Å². The highest BCUT2D eigenvalue weighted by atomic mass is 35.5. The molecule has 0 bridgehead atoms. The number of nitrogens with zero attached hydrogens (tertiary/aromatic N) is 1. The minimum Gasteiger partial charge on any atom is -0.495 e. The molecule has 1 N–H and O–H groups in total. The molecule has 1 aliphatic heterocycles. The molecule has 1 heterocycles. The molecule has 20 heavy (non-hydrogen) atoms. The summed E-state index contributed by atoms with van der Waals surface area (Å²) >= 11 is 6.02. The van der Waals surface area contributed by atoms with Crippen molar-refractivity contribution in [3.05, 3.63) is 23.2 Å². The number of anilines is 1. The van der Waals surface area contributed by atoms with Gasteiger partial charge in [0.2, 0.25) is 0 Å². The summed E-state index contributed by atoms with van der Waals surface area (Å²) in [4.78, 5) is 13.7. The van der Waals surface area contributed by atoms with Crippen LogP contribution in [0.5, 0.6) is 5.75 Å². The topological polar surface area (TPSA) is 50.8 Å². The lowest BCUT2D eigenvalue weighted by Gasteiger charge is -2.21. The lowest BCUT2D eigenvalue weighted by Crippen LogP contribution is -2.37. The number of ether oxygens (including phenoxy) is 2. The van der Waals surface area contributed by atoms with Crippen molar-refractivity contribution in [2.24, 2.45) is 0 Å². The van der Waals surface area contributed by atoms with Crippen molar-refractivity contribution in [1.29, 1.82) is 0 Å². The van der Waals surface area contributed by atoms with E-state index in [1.165, 1.54) is 0 Å². The predicted molar refractivity (Wildman–Crippen MR) is 78.6 cm³/mol. The molecular weight excluding hydrogens is 280 g/mol. The van der Waals surface area contributed by atoms with Crippen LogP contribution in [-0.4, -0.2) is 44.3 Å². The number of hydrogen-bond acceptors (Lipinski definition) is 3. The summed E-state index contributed by atoms with van der Waals surface area (Å²) in [5, 5.41) is 3.26. The van der Waals surface area contributed by atoms with Gasteiger partial charge in [-0.15, -0.1) is 0 Å². The van der Waals surface area contributed by atoms with Gasteiger partial charge < -0.3 is 19.7 Å². The largest absolute Gasteiger partial charge is 0.495 e. The van der Waals surface area contributed by atoms with E-state index in [-0.39, 0.29) is 12.1 Å². The first-order chi connectivity index (χ1) is 9.60. The van der Waals surface area contributed by atoms with Gasteiger partial charge in [0.15, 0.2) is 0 Å². The van der Waals surface area contributed by atoms with Crippen LogP contribution in [0.3, 0.4) is 0 Å².